The monoisotopic (exact) mass is 561 g/mol. The number of benzene rings is 3. The zero-order chi connectivity index (χ0) is 28.7. The maximum Gasteiger partial charge on any atom is 0.264 e. The molecule has 2 amide bonds. The number of hydrogen-bond donors (Lipinski definition) is 1. The van der Waals surface area contributed by atoms with Crippen LogP contribution in [0.4, 0.5) is 5.69 Å². The average molecular weight is 562 g/mol. The molecule has 0 aromatic heterocycles. The van der Waals surface area contributed by atoms with E-state index in [-0.39, 0.29) is 23.4 Å². The highest BCUT2D eigenvalue weighted by atomic mass is 32.2. The van der Waals surface area contributed by atoms with Crippen molar-refractivity contribution in [2.75, 3.05) is 10.8 Å². The third kappa shape index (κ3) is 7.10. The summed E-state index contributed by atoms with van der Waals surface area (Å²) in [7, 11) is -4.07. The molecule has 7 nitrogen and oxygen atoms in total. The zero-order valence-electron chi connectivity index (χ0n) is 23.5. The number of sulfonamides is 1. The fourth-order valence-electron chi connectivity index (χ4n) is 5.25. The summed E-state index contributed by atoms with van der Waals surface area (Å²) in [5, 5.41) is 3.14. The normalized spacial score (nSPS) is 14.5. The SMILES string of the molecule is CC[C@H](C(=O)NC1CCCC1)N(Cc1cccc(C)c1)C(=O)CN(c1ccccc1)S(=O)(=O)c1ccc(C)cc1. The molecule has 1 atom stereocenters. The number of nitrogens with zero attached hydrogens (tertiary/aromatic N) is 2. The predicted molar refractivity (Wildman–Crippen MR) is 158 cm³/mol. The topological polar surface area (TPSA) is 86.8 Å². The molecule has 1 fully saturated rings. The maximum atomic E-state index is 14.1. The number of anilines is 1. The van der Waals surface area contributed by atoms with Gasteiger partial charge < -0.3 is 10.2 Å². The van der Waals surface area contributed by atoms with Crippen molar-refractivity contribution in [1.82, 2.24) is 10.2 Å². The Morgan fingerprint density at radius 2 is 1.57 bits per heavy atom. The Morgan fingerprint density at radius 3 is 2.20 bits per heavy atom. The lowest BCUT2D eigenvalue weighted by Gasteiger charge is -2.33. The fourth-order valence-corrected chi connectivity index (χ4v) is 6.67. The van der Waals surface area contributed by atoms with Crippen LogP contribution in [0.1, 0.15) is 55.7 Å². The number of rotatable bonds is 11. The van der Waals surface area contributed by atoms with E-state index in [1.165, 1.54) is 0 Å². The highest BCUT2D eigenvalue weighted by molar-refractivity contribution is 7.92. The number of carbonyl (C=O) groups excluding carboxylic acids is 2. The number of para-hydroxylation sites is 1. The van der Waals surface area contributed by atoms with E-state index in [2.05, 4.69) is 5.32 Å². The number of nitrogens with one attached hydrogen (secondary N) is 1. The van der Waals surface area contributed by atoms with E-state index in [4.69, 9.17) is 0 Å². The summed E-state index contributed by atoms with van der Waals surface area (Å²) in [6.45, 7) is 5.52. The molecule has 0 radical (unpaired) electrons. The van der Waals surface area contributed by atoms with E-state index < -0.39 is 28.5 Å². The van der Waals surface area contributed by atoms with Gasteiger partial charge in [0.2, 0.25) is 11.8 Å². The van der Waals surface area contributed by atoms with Gasteiger partial charge in [-0.2, -0.15) is 0 Å². The van der Waals surface area contributed by atoms with Gasteiger partial charge >= 0.3 is 0 Å². The van der Waals surface area contributed by atoms with Gasteiger partial charge in [-0.05, 0) is 62.9 Å². The van der Waals surface area contributed by atoms with Gasteiger partial charge in [-0.1, -0.05) is 85.5 Å². The summed E-state index contributed by atoms with van der Waals surface area (Å²) >= 11 is 0. The van der Waals surface area contributed by atoms with Gasteiger partial charge in [-0.25, -0.2) is 8.42 Å². The van der Waals surface area contributed by atoms with Crippen LogP contribution in [0.5, 0.6) is 0 Å². The van der Waals surface area contributed by atoms with Gasteiger partial charge in [-0.3, -0.25) is 13.9 Å². The summed E-state index contributed by atoms with van der Waals surface area (Å²) in [6, 6.07) is 22.4. The molecule has 0 saturated heterocycles. The lowest BCUT2D eigenvalue weighted by molar-refractivity contribution is -0.140. The molecular formula is C32H39N3O4S. The fraction of sp³-hybridized carbons (Fsp3) is 0.375. The molecule has 0 bridgehead atoms. The quantitative estimate of drug-likeness (QED) is 0.341. The number of aryl methyl sites for hydroxylation is 2. The van der Waals surface area contributed by atoms with Crippen LogP contribution in [0.2, 0.25) is 0 Å². The number of carbonyl (C=O) groups is 2. The lowest BCUT2D eigenvalue weighted by Crippen LogP contribution is -2.53. The largest absolute Gasteiger partial charge is 0.352 e. The second kappa shape index (κ2) is 13.1. The van der Waals surface area contributed by atoms with E-state index >= 15 is 0 Å². The Labute approximate surface area is 238 Å². The van der Waals surface area contributed by atoms with Crippen molar-refractivity contribution >= 4 is 27.5 Å². The molecule has 1 aliphatic carbocycles. The van der Waals surface area contributed by atoms with Crippen molar-refractivity contribution in [3.63, 3.8) is 0 Å². The van der Waals surface area contributed by atoms with Crippen molar-refractivity contribution in [2.24, 2.45) is 0 Å². The number of amides is 2. The average Bonchev–Trinajstić information content (AvgIpc) is 3.45. The summed E-state index contributed by atoms with van der Waals surface area (Å²) < 4.78 is 28.9. The van der Waals surface area contributed by atoms with Crippen LogP contribution in [0.15, 0.2) is 83.8 Å². The van der Waals surface area contributed by atoms with Gasteiger partial charge in [0.05, 0.1) is 10.6 Å². The van der Waals surface area contributed by atoms with Gasteiger partial charge in [0.1, 0.15) is 12.6 Å². The van der Waals surface area contributed by atoms with Crippen molar-refractivity contribution in [2.45, 2.75) is 76.4 Å². The van der Waals surface area contributed by atoms with Crippen LogP contribution in [0.25, 0.3) is 0 Å². The molecule has 0 aliphatic heterocycles. The summed E-state index contributed by atoms with van der Waals surface area (Å²) in [6.07, 6.45) is 4.44. The maximum absolute atomic E-state index is 14.1. The summed E-state index contributed by atoms with van der Waals surface area (Å²) in [5.41, 5.74) is 3.24. The van der Waals surface area contributed by atoms with E-state index in [0.717, 1.165) is 46.7 Å². The van der Waals surface area contributed by atoms with Crippen molar-refractivity contribution in [3.8, 4) is 0 Å². The van der Waals surface area contributed by atoms with Gasteiger partial charge in [0, 0.05) is 12.6 Å². The predicted octanol–water partition coefficient (Wildman–Crippen LogP) is 5.36. The minimum Gasteiger partial charge on any atom is -0.352 e. The van der Waals surface area contributed by atoms with Crippen LogP contribution in [0.3, 0.4) is 0 Å². The highest BCUT2D eigenvalue weighted by Crippen LogP contribution is 2.25. The van der Waals surface area contributed by atoms with Crippen LogP contribution < -0.4 is 9.62 Å². The molecule has 0 unspecified atom stereocenters. The van der Waals surface area contributed by atoms with E-state index in [9.17, 15) is 18.0 Å². The van der Waals surface area contributed by atoms with Crippen molar-refractivity contribution < 1.29 is 18.0 Å². The van der Waals surface area contributed by atoms with Crippen molar-refractivity contribution in [1.29, 1.82) is 0 Å². The second-order valence-electron chi connectivity index (χ2n) is 10.6. The molecular weight excluding hydrogens is 522 g/mol. The molecule has 3 aromatic carbocycles. The minimum absolute atomic E-state index is 0.103. The molecule has 212 valence electrons. The Bertz CT molecular complexity index is 1400. The Hall–Kier alpha value is -3.65. The third-order valence-electron chi connectivity index (χ3n) is 7.45. The molecule has 1 saturated carbocycles. The third-order valence-corrected chi connectivity index (χ3v) is 9.24. The lowest BCUT2D eigenvalue weighted by atomic mass is 10.1. The first-order valence-corrected chi connectivity index (χ1v) is 15.4. The molecule has 1 aliphatic rings. The smallest absolute Gasteiger partial charge is 0.264 e. The molecule has 3 aromatic rings. The molecule has 40 heavy (non-hydrogen) atoms. The molecule has 1 N–H and O–H groups in total. The highest BCUT2D eigenvalue weighted by Gasteiger charge is 2.34. The standard InChI is InChI=1S/C32H39N3O4S/c1-4-30(32(37)33-27-13-8-9-14-27)34(22-26-12-10-11-25(3)21-26)31(36)23-35(28-15-6-5-7-16-28)40(38,39)29-19-17-24(2)18-20-29/h5-7,10-12,15-21,27,30H,4,8-9,13-14,22-23H2,1-3H3,(H,33,37)/t30-/m1/s1. The van der Waals surface area contributed by atoms with Crippen LogP contribution >= 0.6 is 0 Å². The molecule has 4 rings (SSSR count). The van der Waals surface area contributed by atoms with Crippen LogP contribution in [0, 0.1) is 13.8 Å². The first-order valence-electron chi connectivity index (χ1n) is 14.0. The van der Waals surface area contributed by atoms with Gasteiger partial charge in [0.15, 0.2) is 0 Å². The second-order valence-corrected chi connectivity index (χ2v) is 12.4. The van der Waals surface area contributed by atoms with E-state index in [1.807, 2.05) is 45.0 Å². The minimum atomic E-state index is -4.07. The Morgan fingerprint density at radius 1 is 0.900 bits per heavy atom. The first kappa shape index (κ1) is 29.3. The summed E-state index contributed by atoms with van der Waals surface area (Å²) in [5.74, 6) is -0.627. The van der Waals surface area contributed by atoms with Crippen LogP contribution in [-0.2, 0) is 26.2 Å². The molecule has 0 spiro atoms. The van der Waals surface area contributed by atoms with E-state index in [1.54, 1.807) is 59.5 Å². The van der Waals surface area contributed by atoms with Gasteiger partial charge in [0.25, 0.3) is 10.0 Å². The van der Waals surface area contributed by atoms with Crippen molar-refractivity contribution in [3.05, 3.63) is 95.6 Å². The van der Waals surface area contributed by atoms with Gasteiger partial charge in [-0.15, -0.1) is 0 Å². The number of hydrogen-bond acceptors (Lipinski definition) is 4. The van der Waals surface area contributed by atoms with Crippen LogP contribution in [-0.4, -0.2) is 43.8 Å². The summed E-state index contributed by atoms with van der Waals surface area (Å²) in [4.78, 5) is 29.3. The Kier molecular flexibility index (Phi) is 9.63. The Balaban J connectivity index is 1.69. The zero-order valence-corrected chi connectivity index (χ0v) is 24.4. The first-order chi connectivity index (χ1) is 19.2. The molecule has 0 heterocycles. The molecule has 8 heteroatoms. The van der Waals surface area contributed by atoms with E-state index in [0.29, 0.717) is 12.1 Å².